The van der Waals surface area contributed by atoms with Crippen molar-refractivity contribution in [3.63, 3.8) is 0 Å². The Labute approximate surface area is 119 Å². The topological polar surface area (TPSA) is 81.4 Å². The highest BCUT2D eigenvalue weighted by molar-refractivity contribution is 7.11. The number of amides is 1. The van der Waals surface area contributed by atoms with Gasteiger partial charge in [-0.25, -0.2) is 4.79 Å². The quantitative estimate of drug-likeness (QED) is 0.857. The molecule has 7 heteroatoms. The summed E-state index contributed by atoms with van der Waals surface area (Å²) in [5.41, 5.74) is 0. The van der Waals surface area contributed by atoms with Crippen LogP contribution in [0.25, 0.3) is 0 Å². The van der Waals surface area contributed by atoms with E-state index < -0.39 is 18.0 Å². The van der Waals surface area contributed by atoms with Crippen LogP contribution in [0, 0.1) is 6.92 Å². The Hall–Kier alpha value is -2.15. The minimum Gasteiger partial charge on any atom is -0.448 e. The number of esters is 1. The molecule has 0 saturated carbocycles. The van der Waals surface area contributed by atoms with Gasteiger partial charge in [-0.3, -0.25) is 4.79 Å². The van der Waals surface area contributed by atoms with Gasteiger partial charge in [0.05, 0.1) is 0 Å². The Morgan fingerprint density at radius 3 is 2.90 bits per heavy atom. The standard InChI is InChI=1S/C13H14N2O4S/c1-3-9(18-13(17)10-5-4-6-20-10)12(16)14-11-7-8(2)19-15-11/h4-7,9H,3H2,1-2H3,(H,14,15,16)/t9-/m0/s1. The van der Waals surface area contributed by atoms with Crippen molar-refractivity contribution >= 4 is 29.0 Å². The Bertz CT molecular complexity index is 591. The van der Waals surface area contributed by atoms with Gasteiger partial charge in [-0.2, -0.15) is 0 Å². The van der Waals surface area contributed by atoms with Crippen LogP contribution in [0.15, 0.2) is 28.1 Å². The summed E-state index contributed by atoms with van der Waals surface area (Å²) in [6.07, 6.45) is -0.485. The van der Waals surface area contributed by atoms with Crippen LogP contribution in [0.3, 0.4) is 0 Å². The van der Waals surface area contributed by atoms with Crippen LogP contribution in [0.2, 0.25) is 0 Å². The fraction of sp³-hybridized carbons (Fsp3) is 0.308. The number of carbonyl (C=O) groups excluding carboxylic acids is 2. The van der Waals surface area contributed by atoms with E-state index in [4.69, 9.17) is 9.26 Å². The van der Waals surface area contributed by atoms with E-state index in [1.165, 1.54) is 11.3 Å². The van der Waals surface area contributed by atoms with Gasteiger partial charge in [-0.1, -0.05) is 18.1 Å². The number of ether oxygens (including phenoxy) is 1. The molecule has 2 aromatic heterocycles. The van der Waals surface area contributed by atoms with Crippen molar-refractivity contribution in [3.8, 4) is 0 Å². The van der Waals surface area contributed by atoms with Crippen molar-refractivity contribution in [2.45, 2.75) is 26.4 Å². The van der Waals surface area contributed by atoms with Crippen molar-refractivity contribution in [2.24, 2.45) is 0 Å². The third-order valence-corrected chi connectivity index (χ3v) is 3.36. The second-order valence-electron chi connectivity index (χ2n) is 4.09. The molecule has 0 aliphatic carbocycles. The van der Waals surface area contributed by atoms with Crippen LogP contribution in [0.1, 0.15) is 28.8 Å². The predicted octanol–water partition coefficient (Wildman–Crippen LogP) is 2.62. The fourth-order valence-corrected chi connectivity index (χ4v) is 2.14. The molecule has 0 radical (unpaired) electrons. The zero-order valence-electron chi connectivity index (χ0n) is 11.1. The summed E-state index contributed by atoms with van der Waals surface area (Å²) in [5.74, 6) is -0.0360. The number of rotatable bonds is 5. The number of anilines is 1. The Morgan fingerprint density at radius 2 is 2.35 bits per heavy atom. The molecule has 6 nitrogen and oxygen atoms in total. The molecule has 0 spiro atoms. The van der Waals surface area contributed by atoms with Crippen LogP contribution in [0.4, 0.5) is 5.82 Å². The largest absolute Gasteiger partial charge is 0.448 e. The van der Waals surface area contributed by atoms with Crippen LogP contribution < -0.4 is 5.32 Å². The van der Waals surface area contributed by atoms with E-state index in [2.05, 4.69) is 10.5 Å². The van der Waals surface area contributed by atoms with Gasteiger partial charge >= 0.3 is 5.97 Å². The molecule has 20 heavy (non-hydrogen) atoms. The molecule has 2 heterocycles. The summed E-state index contributed by atoms with van der Waals surface area (Å²) < 4.78 is 10.0. The maximum absolute atomic E-state index is 12.0. The number of thiophene rings is 1. The second-order valence-corrected chi connectivity index (χ2v) is 5.04. The van der Waals surface area contributed by atoms with E-state index in [1.54, 1.807) is 37.4 Å². The maximum Gasteiger partial charge on any atom is 0.349 e. The minimum absolute atomic E-state index is 0.304. The molecule has 2 aromatic rings. The van der Waals surface area contributed by atoms with Gasteiger partial charge < -0.3 is 14.6 Å². The summed E-state index contributed by atoms with van der Waals surface area (Å²) >= 11 is 1.27. The lowest BCUT2D eigenvalue weighted by atomic mass is 10.2. The van der Waals surface area contributed by atoms with Crippen LogP contribution in [-0.2, 0) is 9.53 Å². The number of aromatic nitrogens is 1. The zero-order valence-corrected chi connectivity index (χ0v) is 11.9. The highest BCUT2D eigenvalue weighted by Gasteiger charge is 2.23. The van der Waals surface area contributed by atoms with Gasteiger partial charge in [0.1, 0.15) is 10.6 Å². The summed E-state index contributed by atoms with van der Waals surface area (Å²) in [5, 5.41) is 7.98. The highest BCUT2D eigenvalue weighted by Crippen LogP contribution is 2.14. The van der Waals surface area contributed by atoms with Crippen molar-refractivity contribution in [3.05, 3.63) is 34.2 Å². The molecular weight excluding hydrogens is 280 g/mol. The van der Waals surface area contributed by atoms with Crippen molar-refractivity contribution < 1.29 is 18.8 Å². The average molecular weight is 294 g/mol. The van der Waals surface area contributed by atoms with Gasteiger partial charge in [0, 0.05) is 6.07 Å². The van der Waals surface area contributed by atoms with E-state index >= 15 is 0 Å². The lowest BCUT2D eigenvalue weighted by molar-refractivity contribution is -0.124. The molecule has 0 aromatic carbocycles. The molecule has 0 saturated heterocycles. The first-order valence-corrected chi connectivity index (χ1v) is 6.96. The summed E-state index contributed by atoms with van der Waals surface area (Å²) in [4.78, 5) is 24.3. The van der Waals surface area contributed by atoms with Crippen molar-refractivity contribution in [2.75, 3.05) is 5.32 Å². The molecule has 0 aliphatic heterocycles. The molecular formula is C13H14N2O4S. The van der Waals surface area contributed by atoms with Gasteiger partial charge in [-0.05, 0) is 24.8 Å². The number of nitrogens with zero attached hydrogens (tertiary/aromatic N) is 1. The zero-order chi connectivity index (χ0) is 14.5. The smallest absolute Gasteiger partial charge is 0.349 e. The van der Waals surface area contributed by atoms with Gasteiger partial charge in [0.25, 0.3) is 5.91 Å². The normalized spacial score (nSPS) is 11.9. The monoisotopic (exact) mass is 294 g/mol. The Balaban J connectivity index is 1.97. The van der Waals surface area contributed by atoms with E-state index in [0.717, 1.165) is 0 Å². The number of carbonyl (C=O) groups is 2. The molecule has 1 atom stereocenters. The first-order chi connectivity index (χ1) is 9.60. The molecule has 0 unspecified atom stereocenters. The van der Waals surface area contributed by atoms with Crippen molar-refractivity contribution in [1.82, 2.24) is 5.16 Å². The molecule has 0 aliphatic rings. The molecule has 1 N–H and O–H groups in total. The SMILES string of the molecule is CC[C@H](OC(=O)c1cccs1)C(=O)Nc1cc(C)on1. The van der Waals surface area contributed by atoms with E-state index in [0.29, 0.717) is 22.9 Å². The Morgan fingerprint density at radius 1 is 1.55 bits per heavy atom. The van der Waals surface area contributed by atoms with E-state index in [9.17, 15) is 9.59 Å². The molecule has 2 rings (SSSR count). The molecule has 0 fully saturated rings. The van der Waals surface area contributed by atoms with Crippen LogP contribution in [0.5, 0.6) is 0 Å². The lowest BCUT2D eigenvalue weighted by Crippen LogP contribution is -2.32. The highest BCUT2D eigenvalue weighted by atomic mass is 32.1. The molecule has 1 amide bonds. The summed E-state index contributed by atoms with van der Waals surface area (Å²) in [7, 11) is 0. The maximum atomic E-state index is 12.0. The Kier molecular flexibility index (Phi) is 4.52. The molecule has 0 bridgehead atoms. The fourth-order valence-electron chi connectivity index (χ4n) is 1.54. The third-order valence-electron chi connectivity index (χ3n) is 2.51. The summed E-state index contributed by atoms with van der Waals surface area (Å²) in [6.45, 7) is 3.48. The first-order valence-electron chi connectivity index (χ1n) is 6.08. The average Bonchev–Trinajstić information content (AvgIpc) is 3.07. The lowest BCUT2D eigenvalue weighted by Gasteiger charge is -2.14. The minimum atomic E-state index is -0.860. The number of aryl methyl sites for hydroxylation is 1. The van der Waals surface area contributed by atoms with Gasteiger partial charge in [0.2, 0.25) is 0 Å². The van der Waals surface area contributed by atoms with Crippen LogP contribution in [-0.4, -0.2) is 23.1 Å². The molecule has 106 valence electrons. The number of nitrogens with one attached hydrogen (secondary N) is 1. The van der Waals surface area contributed by atoms with Crippen LogP contribution >= 0.6 is 11.3 Å². The number of hydrogen-bond donors (Lipinski definition) is 1. The summed E-state index contributed by atoms with van der Waals surface area (Å²) in [6, 6.07) is 4.99. The van der Waals surface area contributed by atoms with E-state index in [-0.39, 0.29) is 0 Å². The van der Waals surface area contributed by atoms with Gasteiger partial charge in [0.15, 0.2) is 11.9 Å². The first kappa shape index (κ1) is 14.3. The predicted molar refractivity (Wildman–Crippen MR) is 73.7 cm³/mol. The second kappa shape index (κ2) is 6.33. The van der Waals surface area contributed by atoms with Gasteiger partial charge in [-0.15, -0.1) is 11.3 Å². The van der Waals surface area contributed by atoms with E-state index in [1.807, 2.05) is 0 Å². The third kappa shape index (κ3) is 3.45. The number of hydrogen-bond acceptors (Lipinski definition) is 6. The van der Waals surface area contributed by atoms with Crippen molar-refractivity contribution in [1.29, 1.82) is 0 Å².